The lowest BCUT2D eigenvalue weighted by atomic mass is 10.0. The van der Waals surface area contributed by atoms with E-state index in [0.29, 0.717) is 36.5 Å². The summed E-state index contributed by atoms with van der Waals surface area (Å²) in [6.45, 7) is 9.21. The largest absolute Gasteiger partial charge is 0.487 e. The zero-order valence-electron chi connectivity index (χ0n) is 26.4. The molecule has 12 heteroatoms. The van der Waals surface area contributed by atoms with Gasteiger partial charge in [0.25, 0.3) is 0 Å². The topological polar surface area (TPSA) is 108 Å². The molecule has 2 aromatic carbocycles. The number of nitrogens with one attached hydrogen (secondary N) is 2. The second-order valence-electron chi connectivity index (χ2n) is 12.7. The van der Waals surface area contributed by atoms with Crippen molar-refractivity contribution in [1.29, 1.82) is 0 Å². The predicted octanol–water partition coefficient (Wildman–Crippen LogP) is 3.57. The lowest BCUT2D eigenvalue weighted by Gasteiger charge is -2.43. The van der Waals surface area contributed by atoms with Gasteiger partial charge in [0.05, 0.1) is 31.8 Å². The summed E-state index contributed by atoms with van der Waals surface area (Å²) >= 11 is 0. The number of anilines is 3. The SMILES string of the molecule is Cc1cc(-c2ncnc(Nc3ccc(N4CCN(C5COC5)CC4)cc3)n2)ccc1O[C@H]1CCN(C(=O)[C@H]2CCCCN2)C[C@H]1F. The number of likely N-dealkylation sites (tertiary alicyclic amines) is 1. The van der Waals surface area contributed by atoms with Crippen molar-refractivity contribution in [3.8, 4) is 17.1 Å². The highest BCUT2D eigenvalue weighted by atomic mass is 19.1. The van der Waals surface area contributed by atoms with Crippen molar-refractivity contribution >= 4 is 23.2 Å². The van der Waals surface area contributed by atoms with Gasteiger partial charge in [-0.1, -0.05) is 6.42 Å². The molecule has 0 aliphatic carbocycles. The number of piperidine rings is 2. The Morgan fingerprint density at radius 3 is 2.54 bits per heavy atom. The number of hydrogen-bond donors (Lipinski definition) is 2. The first-order chi connectivity index (χ1) is 22.5. The van der Waals surface area contributed by atoms with E-state index in [0.717, 1.165) is 82.0 Å². The van der Waals surface area contributed by atoms with Crippen LogP contribution >= 0.6 is 0 Å². The molecule has 0 unspecified atom stereocenters. The van der Waals surface area contributed by atoms with Gasteiger partial charge in [-0.15, -0.1) is 0 Å². The van der Waals surface area contributed by atoms with Crippen molar-refractivity contribution in [3.05, 3.63) is 54.4 Å². The molecule has 3 atom stereocenters. The third kappa shape index (κ3) is 6.93. The van der Waals surface area contributed by atoms with Crippen LogP contribution in [0, 0.1) is 6.92 Å². The molecule has 4 aliphatic rings. The standard InChI is InChI=1S/C34H43FN8O3/c1-23-18-24(5-10-30(23)46-31-11-13-43(19-28(31)35)33(44)29-4-2-3-12-36-29)32-37-22-38-34(40-32)39-25-6-8-26(9-7-25)41-14-16-42(17-15-41)27-20-45-21-27/h5-10,18,22,27-29,31,36H,2-4,11-17,19-21H2,1H3,(H,37,38,39,40)/t28-,29-,31+/m1/s1. The quantitative estimate of drug-likeness (QED) is 0.384. The molecule has 5 heterocycles. The van der Waals surface area contributed by atoms with E-state index in [1.165, 1.54) is 12.0 Å². The Balaban J connectivity index is 0.933. The molecule has 4 fully saturated rings. The molecule has 46 heavy (non-hydrogen) atoms. The van der Waals surface area contributed by atoms with E-state index in [9.17, 15) is 4.79 Å². The second-order valence-corrected chi connectivity index (χ2v) is 12.7. The number of ether oxygens (including phenoxy) is 2. The smallest absolute Gasteiger partial charge is 0.239 e. The maximum absolute atomic E-state index is 15.2. The third-order valence-corrected chi connectivity index (χ3v) is 9.62. The summed E-state index contributed by atoms with van der Waals surface area (Å²) < 4.78 is 26.7. The number of halogens is 1. The lowest BCUT2D eigenvalue weighted by molar-refractivity contribution is -0.137. The fraction of sp³-hybridized carbons (Fsp3) is 0.529. The van der Waals surface area contributed by atoms with Crippen LogP contribution < -0.4 is 20.3 Å². The summed E-state index contributed by atoms with van der Waals surface area (Å²) in [5.74, 6) is 1.62. The number of rotatable bonds is 8. The van der Waals surface area contributed by atoms with Crippen LogP contribution in [0.2, 0.25) is 0 Å². The van der Waals surface area contributed by atoms with Gasteiger partial charge in [0.1, 0.15) is 18.2 Å². The fourth-order valence-corrected chi connectivity index (χ4v) is 6.74. The van der Waals surface area contributed by atoms with Crippen LogP contribution in [0.15, 0.2) is 48.8 Å². The number of carbonyl (C=O) groups excluding carboxylic acids is 1. The maximum Gasteiger partial charge on any atom is 0.239 e. The van der Waals surface area contributed by atoms with Gasteiger partial charge in [-0.05, 0) is 74.3 Å². The Morgan fingerprint density at radius 2 is 1.85 bits per heavy atom. The number of nitrogens with zero attached hydrogens (tertiary/aromatic N) is 6. The molecule has 11 nitrogen and oxygen atoms in total. The van der Waals surface area contributed by atoms with E-state index in [1.807, 2.05) is 37.3 Å². The average Bonchev–Trinajstić information content (AvgIpc) is 3.06. The van der Waals surface area contributed by atoms with Crippen molar-refractivity contribution in [2.24, 2.45) is 0 Å². The molecule has 3 aromatic rings. The monoisotopic (exact) mass is 630 g/mol. The molecule has 1 amide bonds. The van der Waals surface area contributed by atoms with Gasteiger partial charge in [-0.2, -0.15) is 4.98 Å². The summed E-state index contributed by atoms with van der Waals surface area (Å²) in [6, 6.07) is 14.4. The Hall–Kier alpha value is -3.87. The molecule has 2 N–H and O–H groups in total. The molecule has 0 radical (unpaired) electrons. The summed E-state index contributed by atoms with van der Waals surface area (Å²) in [7, 11) is 0. The van der Waals surface area contributed by atoms with E-state index >= 15 is 4.39 Å². The number of piperazine rings is 1. The summed E-state index contributed by atoms with van der Waals surface area (Å²) in [4.78, 5) is 32.8. The molecule has 7 rings (SSSR count). The number of alkyl halides is 1. The molecular formula is C34H43FN8O3. The molecule has 0 saturated carbocycles. The first-order valence-corrected chi connectivity index (χ1v) is 16.6. The van der Waals surface area contributed by atoms with Crippen LogP contribution in [-0.4, -0.2) is 114 Å². The number of aromatic nitrogens is 3. The Morgan fingerprint density at radius 1 is 1.02 bits per heavy atom. The number of aryl methyl sites for hydroxylation is 1. The van der Waals surface area contributed by atoms with E-state index < -0.39 is 12.3 Å². The molecule has 0 spiro atoms. The summed E-state index contributed by atoms with van der Waals surface area (Å²) in [6.07, 6.45) is 3.04. The van der Waals surface area contributed by atoms with Crippen LogP contribution in [0.25, 0.3) is 11.4 Å². The highest BCUT2D eigenvalue weighted by Gasteiger charge is 2.36. The highest BCUT2D eigenvalue weighted by Crippen LogP contribution is 2.29. The highest BCUT2D eigenvalue weighted by molar-refractivity contribution is 5.82. The number of carbonyl (C=O) groups is 1. The van der Waals surface area contributed by atoms with E-state index in [1.54, 1.807) is 4.90 Å². The molecule has 4 aliphatic heterocycles. The van der Waals surface area contributed by atoms with Crippen molar-refractivity contribution in [1.82, 2.24) is 30.1 Å². The van der Waals surface area contributed by atoms with Crippen LogP contribution in [0.5, 0.6) is 5.75 Å². The van der Waals surface area contributed by atoms with Crippen LogP contribution in [0.1, 0.15) is 31.2 Å². The van der Waals surface area contributed by atoms with Crippen LogP contribution in [0.4, 0.5) is 21.7 Å². The van der Waals surface area contributed by atoms with E-state index in [4.69, 9.17) is 9.47 Å². The Labute approximate surface area is 269 Å². The maximum atomic E-state index is 15.2. The zero-order chi connectivity index (χ0) is 31.5. The van der Waals surface area contributed by atoms with Gasteiger partial charge in [-0.25, -0.2) is 14.4 Å². The minimum absolute atomic E-state index is 0.00836. The number of benzene rings is 2. The van der Waals surface area contributed by atoms with Crippen molar-refractivity contribution < 1.29 is 18.7 Å². The third-order valence-electron chi connectivity index (χ3n) is 9.62. The van der Waals surface area contributed by atoms with Gasteiger partial charge in [-0.3, -0.25) is 9.69 Å². The molecule has 4 saturated heterocycles. The van der Waals surface area contributed by atoms with Crippen LogP contribution in [0.3, 0.4) is 0 Å². The Bertz CT molecular complexity index is 1490. The predicted molar refractivity (Wildman–Crippen MR) is 174 cm³/mol. The number of amides is 1. The van der Waals surface area contributed by atoms with Crippen LogP contribution in [-0.2, 0) is 9.53 Å². The zero-order valence-corrected chi connectivity index (χ0v) is 26.4. The fourth-order valence-electron chi connectivity index (χ4n) is 6.74. The second kappa shape index (κ2) is 13.9. The molecule has 0 bridgehead atoms. The lowest BCUT2D eigenvalue weighted by Crippen LogP contribution is -2.56. The average molecular weight is 631 g/mol. The van der Waals surface area contributed by atoms with E-state index in [-0.39, 0.29) is 18.5 Å². The Kier molecular flexibility index (Phi) is 9.27. The number of hydrogen-bond acceptors (Lipinski definition) is 10. The normalized spacial score (nSPS) is 24.3. The molecule has 244 valence electrons. The van der Waals surface area contributed by atoms with Gasteiger partial charge in [0, 0.05) is 56.1 Å². The van der Waals surface area contributed by atoms with Gasteiger partial charge >= 0.3 is 0 Å². The van der Waals surface area contributed by atoms with Crippen molar-refractivity contribution in [3.63, 3.8) is 0 Å². The first-order valence-electron chi connectivity index (χ1n) is 16.6. The van der Waals surface area contributed by atoms with Crippen molar-refractivity contribution in [2.45, 2.75) is 57.0 Å². The molecular weight excluding hydrogens is 587 g/mol. The minimum Gasteiger partial charge on any atom is -0.487 e. The first kappa shape index (κ1) is 30.8. The molecule has 1 aromatic heterocycles. The van der Waals surface area contributed by atoms with Gasteiger partial charge in [0.15, 0.2) is 12.0 Å². The van der Waals surface area contributed by atoms with E-state index in [2.05, 4.69) is 47.5 Å². The minimum atomic E-state index is -1.25. The summed E-state index contributed by atoms with van der Waals surface area (Å²) in [5.41, 5.74) is 3.78. The van der Waals surface area contributed by atoms with Crippen molar-refractivity contribution in [2.75, 3.05) is 69.2 Å². The van der Waals surface area contributed by atoms with Gasteiger partial charge in [0.2, 0.25) is 11.9 Å². The van der Waals surface area contributed by atoms with Gasteiger partial charge < -0.3 is 29.9 Å². The summed E-state index contributed by atoms with van der Waals surface area (Å²) in [5, 5.41) is 6.57.